The van der Waals surface area contributed by atoms with Crippen LogP contribution < -0.4 is 0 Å². The van der Waals surface area contributed by atoms with Crippen LogP contribution in [0.2, 0.25) is 0 Å². The molecular formula is C8H15NO2. The Morgan fingerprint density at radius 1 is 1.36 bits per heavy atom. The van der Waals surface area contributed by atoms with E-state index in [9.17, 15) is 9.59 Å². The summed E-state index contributed by atoms with van der Waals surface area (Å²) >= 11 is 0. The first-order valence-corrected chi connectivity index (χ1v) is 3.72. The van der Waals surface area contributed by atoms with Crippen LogP contribution in [0.1, 0.15) is 20.8 Å². The minimum atomic E-state index is -0.315. The maximum Gasteiger partial charge on any atom is 0.225 e. The van der Waals surface area contributed by atoms with Gasteiger partial charge in [0.15, 0.2) is 0 Å². The lowest BCUT2D eigenvalue weighted by Gasteiger charge is -2.22. The standard InChI is InChI=1S/C8H15NO2/c1-6(2)8(11)9(4)7(3)5-10/h5-7H,1-4H3. The molecule has 0 saturated heterocycles. The predicted octanol–water partition coefficient (Wildman–Crippen LogP) is 0.688. The zero-order chi connectivity index (χ0) is 9.02. The molecule has 11 heavy (non-hydrogen) atoms. The summed E-state index contributed by atoms with van der Waals surface area (Å²) in [5.41, 5.74) is 0. The molecular weight excluding hydrogens is 142 g/mol. The van der Waals surface area contributed by atoms with Gasteiger partial charge in [0.25, 0.3) is 0 Å². The third-order valence-corrected chi connectivity index (χ3v) is 1.65. The summed E-state index contributed by atoms with van der Waals surface area (Å²) in [6.45, 7) is 5.33. The molecule has 0 bridgehead atoms. The molecule has 0 rings (SSSR count). The van der Waals surface area contributed by atoms with Crippen molar-refractivity contribution in [3.8, 4) is 0 Å². The number of nitrogens with zero attached hydrogens (tertiary/aromatic N) is 1. The van der Waals surface area contributed by atoms with Gasteiger partial charge in [-0.2, -0.15) is 0 Å². The summed E-state index contributed by atoms with van der Waals surface area (Å²) in [6, 6.07) is -0.315. The second-order valence-electron chi connectivity index (χ2n) is 2.98. The number of carbonyl (C=O) groups excluding carboxylic acids is 2. The van der Waals surface area contributed by atoms with Gasteiger partial charge in [-0.05, 0) is 6.92 Å². The van der Waals surface area contributed by atoms with Gasteiger partial charge in [-0.25, -0.2) is 0 Å². The second-order valence-corrected chi connectivity index (χ2v) is 2.98. The smallest absolute Gasteiger partial charge is 0.225 e. The summed E-state index contributed by atoms with van der Waals surface area (Å²) in [6.07, 6.45) is 0.764. The van der Waals surface area contributed by atoms with Gasteiger partial charge in [-0.15, -0.1) is 0 Å². The Morgan fingerprint density at radius 3 is 2.09 bits per heavy atom. The Balaban J connectivity index is 4.12. The van der Waals surface area contributed by atoms with Gasteiger partial charge >= 0.3 is 0 Å². The maximum absolute atomic E-state index is 11.2. The van der Waals surface area contributed by atoms with E-state index < -0.39 is 0 Å². The molecule has 3 nitrogen and oxygen atoms in total. The summed E-state index contributed by atoms with van der Waals surface area (Å²) in [4.78, 5) is 22.9. The van der Waals surface area contributed by atoms with Gasteiger partial charge in [-0.3, -0.25) is 4.79 Å². The quantitative estimate of drug-likeness (QED) is 0.565. The molecule has 0 aliphatic carbocycles. The van der Waals surface area contributed by atoms with Crippen LogP contribution >= 0.6 is 0 Å². The van der Waals surface area contributed by atoms with Gasteiger partial charge in [0.1, 0.15) is 6.29 Å². The van der Waals surface area contributed by atoms with Crippen molar-refractivity contribution in [3.05, 3.63) is 0 Å². The molecule has 0 heterocycles. The number of likely N-dealkylation sites (N-methyl/N-ethyl adjacent to an activating group) is 1. The van der Waals surface area contributed by atoms with Gasteiger partial charge in [0.2, 0.25) is 5.91 Å². The van der Waals surface area contributed by atoms with Crippen LogP contribution in [0, 0.1) is 5.92 Å². The van der Waals surface area contributed by atoms with Gasteiger partial charge in [0, 0.05) is 13.0 Å². The van der Waals surface area contributed by atoms with E-state index >= 15 is 0 Å². The second kappa shape index (κ2) is 4.11. The maximum atomic E-state index is 11.2. The Bertz CT molecular complexity index is 154. The third-order valence-electron chi connectivity index (χ3n) is 1.65. The molecule has 0 aromatic rings. The minimum Gasteiger partial charge on any atom is -0.336 e. The van der Waals surface area contributed by atoms with Gasteiger partial charge in [0.05, 0.1) is 6.04 Å². The van der Waals surface area contributed by atoms with Crippen molar-refractivity contribution in [2.24, 2.45) is 5.92 Å². The van der Waals surface area contributed by atoms with E-state index in [1.807, 2.05) is 13.8 Å². The average molecular weight is 157 g/mol. The lowest BCUT2D eigenvalue weighted by Crippen LogP contribution is -2.38. The Labute approximate surface area is 67.4 Å². The first-order chi connectivity index (χ1) is 5.00. The highest BCUT2D eigenvalue weighted by molar-refractivity contribution is 5.80. The molecule has 0 aromatic heterocycles. The number of hydrogen-bond acceptors (Lipinski definition) is 2. The van der Waals surface area contributed by atoms with E-state index in [0.717, 1.165) is 6.29 Å². The zero-order valence-electron chi connectivity index (χ0n) is 7.50. The van der Waals surface area contributed by atoms with Crippen molar-refractivity contribution in [2.45, 2.75) is 26.8 Å². The van der Waals surface area contributed by atoms with Crippen LogP contribution in [-0.2, 0) is 9.59 Å². The van der Waals surface area contributed by atoms with Crippen molar-refractivity contribution >= 4 is 12.2 Å². The van der Waals surface area contributed by atoms with Crippen molar-refractivity contribution in [2.75, 3.05) is 7.05 Å². The number of amides is 1. The van der Waals surface area contributed by atoms with Crippen molar-refractivity contribution in [1.29, 1.82) is 0 Å². The van der Waals surface area contributed by atoms with Crippen LogP contribution in [-0.4, -0.2) is 30.2 Å². The molecule has 0 aliphatic heterocycles. The largest absolute Gasteiger partial charge is 0.336 e. The molecule has 1 atom stereocenters. The Hall–Kier alpha value is -0.860. The van der Waals surface area contributed by atoms with E-state index in [1.165, 1.54) is 4.90 Å². The first kappa shape index (κ1) is 10.1. The topological polar surface area (TPSA) is 37.4 Å². The van der Waals surface area contributed by atoms with Crippen LogP contribution in [0.5, 0.6) is 0 Å². The molecule has 0 radical (unpaired) electrons. The van der Waals surface area contributed by atoms with E-state index in [-0.39, 0.29) is 17.9 Å². The molecule has 0 saturated carbocycles. The summed E-state index contributed by atoms with van der Waals surface area (Å²) in [7, 11) is 1.64. The number of hydrogen-bond donors (Lipinski definition) is 0. The number of rotatable bonds is 3. The molecule has 0 N–H and O–H groups in total. The van der Waals surface area contributed by atoms with Crippen molar-refractivity contribution in [1.82, 2.24) is 4.90 Å². The van der Waals surface area contributed by atoms with E-state index in [0.29, 0.717) is 0 Å². The highest BCUT2D eigenvalue weighted by Gasteiger charge is 2.17. The van der Waals surface area contributed by atoms with E-state index in [1.54, 1.807) is 14.0 Å². The van der Waals surface area contributed by atoms with Crippen LogP contribution in [0.25, 0.3) is 0 Å². The molecule has 0 fully saturated rings. The van der Waals surface area contributed by atoms with Gasteiger partial charge < -0.3 is 9.69 Å². The summed E-state index contributed by atoms with van der Waals surface area (Å²) < 4.78 is 0. The molecule has 0 aliphatic rings. The normalized spacial score (nSPS) is 12.8. The fraction of sp³-hybridized carbons (Fsp3) is 0.750. The summed E-state index contributed by atoms with van der Waals surface area (Å²) in [5, 5.41) is 0. The fourth-order valence-corrected chi connectivity index (χ4v) is 0.699. The van der Waals surface area contributed by atoms with Crippen LogP contribution in [0.15, 0.2) is 0 Å². The molecule has 1 amide bonds. The highest BCUT2D eigenvalue weighted by atomic mass is 16.2. The van der Waals surface area contributed by atoms with Crippen LogP contribution in [0.3, 0.4) is 0 Å². The lowest BCUT2D eigenvalue weighted by molar-refractivity contribution is -0.137. The zero-order valence-corrected chi connectivity index (χ0v) is 7.50. The first-order valence-electron chi connectivity index (χ1n) is 3.72. The molecule has 1 unspecified atom stereocenters. The summed E-state index contributed by atoms with van der Waals surface area (Å²) in [5.74, 6) is -0.0352. The van der Waals surface area contributed by atoms with Crippen molar-refractivity contribution < 1.29 is 9.59 Å². The lowest BCUT2D eigenvalue weighted by atomic mass is 10.2. The Morgan fingerprint density at radius 2 is 1.82 bits per heavy atom. The SMILES string of the molecule is CC(C)C(=O)N(C)C(C)C=O. The average Bonchev–Trinajstić information content (AvgIpc) is 2.00. The van der Waals surface area contributed by atoms with Crippen molar-refractivity contribution in [3.63, 3.8) is 0 Å². The molecule has 3 heteroatoms. The highest BCUT2D eigenvalue weighted by Crippen LogP contribution is 2.01. The third kappa shape index (κ3) is 2.70. The monoisotopic (exact) mass is 157 g/mol. The molecule has 64 valence electrons. The Kier molecular flexibility index (Phi) is 3.79. The number of carbonyl (C=O) groups is 2. The fourth-order valence-electron chi connectivity index (χ4n) is 0.699. The van der Waals surface area contributed by atoms with Crippen LogP contribution in [0.4, 0.5) is 0 Å². The predicted molar refractivity (Wildman–Crippen MR) is 43.1 cm³/mol. The minimum absolute atomic E-state index is 0.00426. The molecule has 0 spiro atoms. The van der Waals surface area contributed by atoms with Gasteiger partial charge in [-0.1, -0.05) is 13.8 Å². The van der Waals surface area contributed by atoms with E-state index in [4.69, 9.17) is 0 Å². The van der Waals surface area contributed by atoms with E-state index in [2.05, 4.69) is 0 Å². The number of aldehydes is 1. The molecule has 0 aromatic carbocycles.